The summed E-state index contributed by atoms with van der Waals surface area (Å²) in [7, 11) is 0. The largest absolute Gasteiger partial charge is 0.369 e. The summed E-state index contributed by atoms with van der Waals surface area (Å²) in [6, 6.07) is 5.49. The zero-order chi connectivity index (χ0) is 14.1. The molecule has 0 bridgehead atoms. The topological polar surface area (TPSA) is 78.2 Å². The number of anilines is 1. The number of piperazine rings is 1. The summed E-state index contributed by atoms with van der Waals surface area (Å²) in [5, 5.41) is 0. The van der Waals surface area contributed by atoms with E-state index in [0.717, 1.165) is 43.8 Å². The van der Waals surface area contributed by atoms with Crippen molar-refractivity contribution >= 4 is 39.9 Å². The number of nitrogens with two attached hydrogens (primary N) is 1. The Balaban J connectivity index is 0.00000161. The molecule has 3 rings (SSSR count). The molecule has 1 aliphatic heterocycles. The quantitative estimate of drug-likeness (QED) is 0.857. The van der Waals surface area contributed by atoms with E-state index in [4.69, 9.17) is 5.73 Å². The lowest BCUT2D eigenvalue weighted by Crippen LogP contribution is -2.48. The Bertz CT molecular complexity index is 633. The molecule has 1 fully saturated rings. The van der Waals surface area contributed by atoms with E-state index in [1.54, 1.807) is 6.07 Å². The molecule has 2 heterocycles. The molecule has 7 heteroatoms. The third-order valence-corrected chi connectivity index (χ3v) is 3.86. The van der Waals surface area contributed by atoms with Crippen molar-refractivity contribution in [2.24, 2.45) is 0 Å². The fraction of sp³-hybridized carbons (Fsp3) is 0.429. The Kier molecular flexibility index (Phi) is 4.84. The van der Waals surface area contributed by atoms with Crippen LogP contribution in [0.25, 0.3) is 11.0 Å². The molecular weight excluding hydrogens is 334 g/mol. The lowest BCUT2D eigenvalue weighted by molar-refractivity contribution is 0.0643. The summed E-state index contributed by atoms with van der Waals surface area (Å²) in [4.78, 5) is 23.9. The van der Waals surface area contributed by atoms with Crippen molar-refractivity contribution in [3.8, 4) is 0 Å². The second-order valence-corrected chi connectivity index (χ2v) is 5.08. The maximum Gasteiger partial charge on any atom is 0.254 e. The predicted octanol–water partition coefficient (Wildman–Crippen LogP) is 1.50. The van der Waals surface area contributed by atoms with Gasteiger partial charge in [-0.3, -0.25) is 4.79 Å². The predicted molar refractivity (Wildman–Crippen MR) is 88.8 cm³/mol. The first kappa shape index (κ1) is 15.8. The van der Waals surface area contributed by atoms with Crippen molar-refractivity contribution in [3.05, 3.63) is 23.8 Å². The van der Waals surface area contributed by atoms with Crippen LogP contribution in [0.4, 0.5) is 5.95 Å². The van der Waals surface area contributed by atoms with E-state index in [1.165, 1.54) is 0 Å². The maximum absolute atomic E-state index is 12.5. The number of carbonyl (C=O) groups excluding carboxylic acids is 1. The number of nitrogen functional groups attached to an aromatic ring is 1. The Labute approximate surface area is 134 Å². The van der Waals surface area contributed by atoms with E-state index in [0.29, 0.717) is 11.5 Å². The number of H-pyrrole nitrogens is 1. The number of imidazole rings is 1. The highest BCUT2D eigenvalue weighted by molar-refractivity contribution is 8.93. The van der Waals surface area contributed by atoms with Crippen molar-refractivity contribution in [2.75, 3.05) is 38.5 Å². The average molecular weight is 354 g/mol. The van der Waals surface area contributed by atoms with Gasteiger partial charge in [0, 0.05) is 31.7 Å². The maximum atomic E-state index is 12.5. The van der Waals surface area contributed by atoms with Crippen LogP contribution >= 0.6 is 17.0 Å². The van der Waals surface area contributed by atoms with Gasteiger partial charge in [-0.1, -0.05) is 6.92 Å². The first-order valence-corrected chi connectivity index (χ1v) is 6.94. The van der Waals surface area contributed by atoms with Crippen molar-refractivity contribution in [3.63, 3.8) is 0 Å². The monoisotopic (exact) mass is 353 g/mol. The minimum atomic E-state index is 0. The smallest absolute Gasteiger partial charge is 0.254 e. The van der Waals surface area contributed by atoms with Crippen LogP contribution in [-0.4, -0.2) is 58.4 Å². The van der Waals surface area contributed by atoms with Gasteiger partial charge in [0.1, 0.15) is 0 Å². The number of amides is 1. The molecule has 1 amide bonds. The van der Waals surface area contributed by atoms with Crippen LogP contribution in [0.3, 0.4) is 0 Å². The number of benzene rings is 1. The second kappa shape index (κ2) is 6.44. The Morgan fingerprint density at radius 2 is 2.05 bits per heavy atom. The van der Waals surface area contributed by atoms with Crippen LogP contribution in [0.2, 0.25) is 0 Å². The molecule has 1 aliphatic rings. The summed E-state index contributed by atoms with van der Waals surface area (Å²) in [5.41, 5.74) is 7.89. The van der Waals surface area contributed by atoms with Gasteiger partial charge in [-0.15, -0.1) is 17.0 Å². The lowest BCUT2D eigenvalue weighted by Gasteiger charge is -2.34. The SMILES string of the molecule is Br.CCN1CCN(C(=O)c2ccc3[nH]c(N)nc3c2)CC1. The van der Waals surface area contributed by atoms with E-state index >= 15 is 0 Å². The van der Waals surface area contributed by atoms with Crippen molar-refractivity contribution < 1.29 is 4.79 Å². The van der Waals surface area contributed by atoms with Crippen LogP contribution in [0.1, 0.15) is 17.3 Å². The molecule has 0 atom stereocenters. The number of aromatic nitrogens is 2. The zero-order valence-electron chi connectivity index (χ0n) is 12.0. The molecule has 1 saturated heterocycles. The molecule has 0 aliphatic carbocycles. The summed E-state index contributed by atoms with van der Waals surface area (Å²) in [5.74, 6) is 0.449. The number of rotatable bonds is 2. The van der Waals surface area contributed by atoms with Crippen LogP contribution in [0, 0.1) is 0 Å². The fourth-order valence-corrected chi connectivity index (χ4v) is 2.61. The molecule has 1 aromatic carbocycles. The normalized spacial score (nSPS) is 16.0. The van der Waals surface area contributed by atoms with Gasteiger partial charge in [0.15, 0.2) is 5.95 Å². The van der Waals surface area contributed by atoms with Crippen molar-refractivity contribution in [1.82, 2.24) is 19.8 Å². The van der Waals surface area contributed by atoms with Crippen molar-refractivity contribution in [1.29, 1.82) is 0 Å². The first-order valence-electron chi connectivity index (χ1n) is 6.94. The van der Waals surface area contributed by atoms with Gasteiger partial charge in [0.2, 0.25) is 0 Å². The van der Waals surface area contributed by atoms with Gasteiger partial charge in [-0.05, 0) is 24.7 Å². The van der Waals surface area contributed by atoms with E-state index in [9.17, 15) is 4.79 Å². The third-order valence-electron chi connectivity index (χ3n) is 3.86. The van der Waals surface area contributed by atoms with E-state index < -0.39 is 0 Å². The number of carbonyl (C=O) groups is 1. The molecule has 0 spiro atoms. The fourth-order valence-electron chi connectivity index (χ4n) is 2.61. The van der Waals surface area contributed by atoms with E-state index in [1.807, 2.05) is 17.0 Å². The van der Waals surface area contributed by atoms with Crippen molar-refractivity contribution in [2.45, 2.75) is 6.92 Å². The van der Waals surface area contributed by atoms with Crippen LogP contribution in [0.5, 0.6) is 0 Å². The molecule has 21 heavy (non-hydrogen) atoms. The number of hydrogen-bond acceptors (Lipinski definition) is 4. The van der Waals surface area contributed by atoms with Gasteiger partial charge >= 0.3 is 0 Å². The molecule has 1 aromatic heterocycles. The van der Waals surface area contributed by atoms with Gasteiger partial charge in [0.05, 0.1) is 11.0 Å². The minimum Gasteiger partial charge on any atom is -0.369 e. The minimum absolute atomic E-state index is 0. The summed E-state index contributed by atoms with van der Waals surface area (Å²) in [6.07, 6.45) is 0. The number of halogens is 1. The Morgan fingerprint density at radius 3 is 2.71 bits per heavy atom. The molecule has 6 nitrogen and oxygen atoms in total. The summed E-state index contributed by atoms with van der Waals surface area (Å²) >= 11 is 0. The number of nitrogens with zero attached hydrogens (tertiary/aromatic N) is 3. The number of hydrogen-bond donors (Lipinski definition) is 2. The highest BCUT2D eigenvalue weighted by Gasteiger charge is 2.21. The molecule has 3 N–H and O–H groups in total. The van der Waals surface area contributed by atoms with E-state index in [-0.39, 0.29) is 22.9 Å². The van der Waals surface area contributed by atoms with Crippen LogP contribution in [0.15, 0.2) is 18.2 Å². The lowest BCUT2D eigenvalue weighted by atomic mass is 10.1. The van der Waals surface area contributed by atoms with Crippen LogP contribution in [-0.2, 0) is 0 Å². The Hall–Kier alpha value is -1.60. The molecule has 114 valence electrons. The van der Waals surface area contributed by atoms with Crippen LogP contribution < -0.4 is 5.73 Å². The van der Waals surface area contributed by atoms with Gasteiger partial charge < -0.3 is 20.5 Å². The summed E-state index contributed by atoms with van der Waals surface area (Å²) < 4.78 is 0. The highest BCUT2D eigenvalue weighted by atomic mass is 79.9. The molecule has 2 aromatic rings. The Morgan fingerprint density at radius 1 is 1.33 bits per heavy atom. The van der Waals surface area contributed by atoms with Gasteiger partial charge in [-0.25, -0.2) is 4.98 Å². The highest BCUT2D eigenvalue weighted by Crippen LogP contribution is 2.16. The zero-order valence-corrected chi connectivity index (χ0v) is 13.7. The second-order valence-electron chi connectivity index (χ2n) is 5.08. The number of nitrogens with one attached hydrogen (secondary N) is 1. The van der Waals surface area contributed by atoms with E-state index in [2.05, 4.69) is 21.8 Å². The number of likely N-dealkylation sites (N-methyl/N-ethyl adjacent to an activating group) is 1. The van der Waals surface area contributed by atoms with Gasteiger partial charge in [-0.2, -0.15) is 0 Å². The first-order chi connectivity index (χ1) is 9.67. The molecule has 0 saturated carbocycles. The number of aromatic amines is 1. The standard InChI is InChI=1S/C14H19N5O.BrH/c1-2-18-5-7-19(8-6-18)13(20)10-3-4-11-12(9-10)17-14(15)16-11;/h3-4,9H,2,5-8H2,1H3,(H3,15,16,17);1H. The summed E-state index contributed by atoms with van der Waals surface area (Å²) in [6.45, 7) is 6.65. The van der Waals surface area contributed by atoms with Gasteiger partial charge in [0.25, 0.3) is 5.91 Å². The molecule has 0 radical (unpaired) electrons. The third kappa shape index (κ3) is 3.19. The average Bonchev–Trinajstić information content (AvgIpc) is 2.85. The molecule has 0 unspecified atom stereocenters. The number of fused-ring (bicyclic) bond motifs is 1. The molecular formula is C14H20BrN5O.